The molecule has 0 fully saturated rings. The van der Waals surface area contributed by atoms with Gasteiger partial charge in [0.2, 0.25) is 0 Å². The molecule has 1 aromatic heterocycles. The second-order valence-electron chi connectivity index (χ2n) is 4.78. The topological polar surface area (TPSA) is 47.1 Å². The van der Waals surface area contributed by atoms with Crippen molar-refractivity contribution >= 4 is 5.69 Å². The highest BCUT2D eigenvalue weighted by Crippen LogP contribution is 2.25. The molecule has 2 N–H and O–H groups in total. The van der Waals surface area contributed by atoms with Crippen molar-refractivity contribution in [2.45, 2.75) is 33.1 Å². The van der Waals surface area contributed by atoms with Crippen LogP contribution in [0.3, 0.4) is 0 Å². The maximum Gasteiger partial charge on any atom is 0.0753 e. The number of nitrogen functional groups attached to an aromatic ring is 1. The van der Waals surface area contributed by atoms with E-state index < -0.39 is 0 Å². The molecule has 0 saturated carbocycles. The van der Waals surface area contributed by atoms with Gasteiger partial charge in [-0.05, 0) is 18.1 Å². The van der Waals surface area contributed by atoms with E-state index in [0.717, 1.165) is 37.6 Å². The summed E-state index contributed by atoms with van der Waals surface area (Å²) in [5.74, 6) is 0. The van der Waals surface area contributed by atoms with Crippen molar-refractivity contribution in [3.8, 4) is 0 Å². The molecule has 0 amide bonds. The Morgan fingerprint density at radius 1 is 1.22 bits per heavy atom. The molecule has 1 aliphatic heterocycles. The highest BCUT2D eigenvalue weighted by Gasteiger charge is 2.20. The van der Waals surface area contributed by atoms with E-state index in [2.05, 4.69) is 41.2 Å². The van der Waals surface area contributed by atoms with Crippen LogP contribution in [0.1, 0.15) is 23.7 Å². The maximum atomic E-state index is 5.99. The summed E-state index contributed by atoms with van der Waals surface area (Å²) in [6.07, 6.45) is 1.75. The Balaban J connectivity index is 1.78. The number of aromatic nitrogens is 2. The van der Waals surface area contributed by atoms with Crippen LogP contribution in [-0.4, -0.2) is 14.7 Å². The van der Waals surface area contributed by atoms with Gasteiger partial charge in [0, 0.05) is 26.2 Å². The third-order valence-corrected chi connectivity index (χ3v) is 3.56. The van der Waals surface area contributed by atoms with Gasteiger partial charge >= 0.3 is 0 Å². The lowest BCUT2D eigenvalue weighted by molar-refractivity contribution is 0.266. The molecule has 2 heterocycles. The third kappa shape index (κ3) is 1.88. The quantitative estimate of drug-likeness (QED) is 0.895. The van der Waals surface area contributed by atoms with Crippen molar-refractivity contribution in [2.24, 2.45) is 0 Å². The summed E-state index contributed by atoms with van der Waals surface area (Å²) in [5.41, 5.74) is 10.8. The lowest BCUT2D eigenvalue weighted by Crippen LogP contribution is -2.19. The molecule has 0 unspecified atom stereocenters. The molecule has 0 atom stereocenters. The number of hydrogen-bond donors (Lipinski definition) is 1. The predicted octanol–water partition coefficient (Wildman–Crippen LogP) is 2.00. The van der Waals surface area contributed by atoms with Gasteiger partial charge in [-0.3, -0.25) is 9.58 Å². The zero-order valence-corrected chi connectivity index (χ0v) is 10.6. The number of nitrogens with zero attached hydrogens (tertiary/aromatic N) is 3. The molecule has 0 bridgehead atoms. The van der Waals surface area contributed by atoms with E-state index in [0.29, 0.717) is 0 Å². The molecule has 94 valence electrons. The molecule has 0 saturated heterocycles. The number of benzene rings is 1. The summed E-state index contributed by atoms with van der Waals surface area (Å²) in [4.78, 5) is 2.41. The first kappa shape index (κ1) is 11.3. The van der Waals surface area contributed by atoms with Gasteiger partial charge in [-0.25, -0.2) is 0 Å². The minimum Gasteiger partial charge on any atom is -0.396 e. The Bertz CT molecular complexity index is 534. The lowest BCUT2D eigenvalue weighted by Gasteiger charge is -2.16. The molecule has 3 rings (SSSR count). The van der Waals surface area contributed by atoms with Crippen molar-refractivity contribution in [1.82, 2.24) is 14.7 Å². The number of aryl methyl sites for hydroxylation is 1. The van der Waals surface area contributed by atoms with E-state index in [1.165, 1.54) is 11.1 Å². The summed E-state index contributed by atoms with van der Waals surface area (Å²) in [6.45, 7) is 5.84. The van der Waals surface area contributed by atoms with Gasteiger partial charge in [-0.1, -0.05) is 24.3 Å². The molecule has 0 radical (unpaired) electrons. The fourth-order valence-corrected chi connectivity index (χ4v) is 2.60. The minimum absolute atomic E-state index is 0.799. The van der Waals surface area contributed by atoms with Gasteiger partial charge in [0.1, 0.15) is 0 Å². The van der Waals surface area contributed by atoms with Crippen LogP contribution in [-0.2, 0) is 26.2 Å². The third-order valence-electron chi connectivity index (χ3n) is 3.56. The molecule has 1 aromatic carbocycles. The Labute approximate surface area is 107 Å². The number of anilines is 1. The fraction of sp³-hybridized carbons (Fsp3) is 0.357. The maximum absolute atomic E-state index is 5.99. The normalized spacial score (nSPS) is 14.9. The molecule has 4 nitrogen and oxygen atoms in total. The summed E-state index contributed by atoms with van der Waals surface area (Å²) in [7, 11) is 0. The van der Waals surface area contributed by atoms with Gasteiger partial charge in [-0.15, -0.1) is 0 Å². The highest BCUT2D eigenvalue weighted by atomic mass is 15.3. The largest absolute Gasteiger partial charge is 0.396 e. The first-order valence-electron chi connectivity index (χ1n) is 6.37. The molecule has 0 aliphatic carbocycles. The Morgan fingerprint density at radius 2 is 1.89 bits per heavy atom. The van der Waals surface area contributed by atoms with Gasteiger partial charge in [0.05, 0.1) is 17.6 Å². The molecule has 0 spiro atoms. The first-order chi connectivity index (χ1) is 8.78. The molecule has 2 aromatic rings. The number of fused-ring (bicyclic) bond motifs is 1. The first-order valence-corrected chi connectivity index (χ1v) is 6.37. The van der Waals surface area contributed by atoms with E-state index in [1.54, 1.807) is 6.20 Å². The van der Waals surface area contributed by atoms with Crippen LogP contribution < -0.4 is 5.73 Å². The average molecular weight is 242 g/mol. The Morgan fingerprint density at radius 3 is 2.50 bits per heavy atom. The van der Waals surface area contributed by atoms with E-state index >= 15 is 0 Å². The van der Waals surface area contributed by atoms with Crippen LogP contribution in [0.2, 0.25) is 0 Å². The van der Waals surface area contributed by atoms with Crippen molar-refractivity contribution < 1.29 is 0 Å². The standard InChI is InChI=1S/C14H18N4/c1-2-18-14(13(15)7-16-18)10-17-8-11-5-3-4-6-12(11)9-17/h3-7H,2,8-10,15H2,1H3. The monoisotopic (exact) mass is 242 g/mol. The zero-order chi connectivity index (χ0) is 12.5. The minimum atomic E-state index is 0.799. The molecule has 1 aliphatic rings. The average Bonchev–Trinajstić information content (AvgIpc) is 2.94. The van der Waals surface area contributed by atoms with Crippen LogP contribution >= 0.6 is 0 Å². The van der Waals surface area contributed by atoms with Gasteiger partial charge in [0.15, 0.2) is 0 Å². The zero-order valence-electron chi connectivity index (χ0n) is 10.6. The molecular weight excluding hydrogens is 224 g/mol. The van der Waals surface area contributed by atoms with E-state index in [9.17, 15) is 0 Å². The molecular formula is C14H18N4. The number of hydrogen-bond acceptors (Lipinski definition) is 3. The highest BCUT2D eigenvalue weighted by molar-refractivity contribution is 5.41. The summed E-state index contributed by atoms with van der Waals surface area (Å²) < 4.78 is 1.98. The van der Waals surface area contributed by atoms with E-state index in [-0.39, 0.29) is 0 Å². The number of rotatable bonds is 3. The number of nitrogens with two attached hydrogens (primary N) is 1. The van der Waals surface area contributed by atoms with Gasteiger partial charge < -0.3 is 5.73 Å². The van der Waals surface area contributed by atoms with Crippen LogP contribution in [0.25, 0.3) is 0 Å². The van der Waals surface area contributed by atoms with Crippen molar-refractivity contribution in [2.75, 3.05) is 5.73 Å². The molecule has 4 heteroatoms. The lowest BCUT2D eigenvalue weighted by atomic mass is 10.1. The summed E-state index contributed by atoms with van der Waals surface area (Å²) >= 11 is 0. The fourth-order valence-electron chi connectivity index (χ4n) is 2.60. The smallest absolute Gasteiger partial charge is 0.0753 e. The second kappa shape index (κ2) is 4.46. The Hall–Kier alpha value is -1.81. The molecule has 18 heavy (non-hydrogen) atoms. The SMILES string of the molecule is CCn1ncc(N)c1CN1Cc2ccccc2C1. The predicted molar refractivity (Wildman–Crippen MR) is 71.7 cm³/mol. The summed E-state index contributed by atoms with van der Waals surface area (Å²) in [5, 5.41) is 4.29. The summed E-state index contributed by atoms with van der Waals surface area (Å²) in [6, 6.07) is 8.62. The van der Waals surface area contributed by atoms with E-state index in [4.69, 9.17) is 5.73 Å². The van der Waals surface area contributed by atoms with Crippen molar-refractivity contribution in [3.05, 3.63) is 47.3 Å². The van der Waals surface area contributed by atoms with Gasteiger partial charge in [-0.2, -0.15) is 5.10 Å². The van der Waals surface area contributed by atoms with Crippen LogP contribution in [0.4, 0.5) is 5.69 Å². The van der Waals surface area contributed by atoms with Gasteiger partial charge in [0.25, 0.3) is 0 Å². The van der Waals surface area contributed by atoms with Crippen LogP contribution in [0.5, 0.6) is 0 Å². The van der Waals surface area contributed by atoms with Crippen molar-refractivity contribution in [3.63, 3.8) is 0 Å². The van der Waals surface area contributed by atoms with Crippen LogP contribution in [0.15, 0.2) is 30.5 Å². The van der Waals surface area contributed by atoms with Crippen molar-refractivity contribution in [1.29, 1.82) is 0 Å². The van der Waals surface area contributed by atoms with E-state index in [1.807, 2.05) is 4.68 Å². The van der Waals surface area contributed by atoms with Crippen LogP contribution in [0, 0.1) is 0 Å². The Kier molecular flexibility index (Phi) is 2.80. The second-order valence-corrected chi connectivity index (χ2v) is 4.78.